The van der Waals surface area contributed by atoms with Crippen molar-refractivity contribution in [3.63, 3.8) is 0 Å². The Labute approximate surface area is 81.1 Å². The van der Waals surface area contributed by atoms with E-state index in [4.69, 9.17) is 9.47 Å². The summed E-state index contributed by atoms with van der Waals surface area (Å²) in [7, 11) is 3.64. The van der Waals surface area contributed by atoms with Crippen LogP contribution in [-0.2, 0) is 9.47 Å². The van der Waals surface area contributed by atoms with Crippen molar-refractivity contribution in [2.24, 2.45) is 0 Å². The van der Waals surface area contributed by atoms with Gasteiger partial charge in [-0.25, -0.2) is 0 Å². The minimum Gasteiger partial charge on any atom is -0.382 e. The van der Waals surface area contributed by atoms with Gasteiger partial charge in [0.15, 0.2) is 0 Å². The molecule has 0 amide bonds. The lowest BCUT2D eigenvalue weighted by Gasteiger charge is -2.13. The molecule has 1 atom stereocenters. The average molecular weight is 187 g/mol. The lowest BCUT2D eigenvalue weighted by Crippen LogP contribution is -2.26. The molecule has 78 valence electrons. The summed E-state index contributed by atoms with van der Waals surface area (Å²) in [5, 5.41) is 3.21. The molecular formula is C10H21NO2. The van der Waals surface area contributed by atoms with E-state index in [9.17, 15) is 0 Å². The Balaban J connectivity index is 3.22. The molecule has 0 aliphatic carbocycles. The van der Waals surface area contributed by atoms with Crippen LogP contribution < -0.4 is 5.32 Å². The van der Waals surface area contributed by atoms with Crippen molar-refractivity contribution in [3.8, 4) is 0 Å². The van der Waals surface area contributed by atoms with Crippen molar-refractivity contribution in [2.45, 2.75) is 18.9 Å². The summed E-state index contributed by atoms with van der Waals surface area (Å²) in [6.45, 7) is 5.84. The van der Waals surface area contributed by atoms with Gasteiger partial charge in [-0.2, -0.15) is 0 Å². The van der Waals surface area contributed by atoms with Crippen LogP contribution in [0, 0.1) is 0 Å². The molecule has 13 heavy (non-hydrogen) atoms. The van der Waals surface area contributed by atoms with Crippen molar-refractivity contribution in [1.82, 2.24) is 5.32 Å². The van der Waals surface area contributed by atoms with Crippen LogP contribution in [0.15, 0.2) is 12.7 Å². The Kier molecular flexibility index (Phi) is 9.42. The van der Waals surface area contributed by atoms with Gasteiger partial charge in [0.05, 0.1) is 13.2 Å². The maximum Gasteiger partial charge on any atom is 0.0700 e. The summed E-state index contributed by atoms with van der Waals surface area (Å²) in [5.74, 6) is 0. The normalized spacial score (nSPS) is 12.8. The van der Waals surface area contributed by atoms with Gasteiger partial charge in [-0.1, -0.05) is 6.08 Å². The molecule has 1 unspecified atom stereocenters. The highest BCUT2D eigenvalue weighted by atomic mass is 16.5. The van der Waals surface area contributed by atoms with Crippen molar-refractivity contribution in [1.29, 1.82) is 0 Å². The van der Waals surface area contributed by atoms with E-state index in [0.29, 0.717) is 19.3 Å². The molecule has 1 N–H and O–H groups in total. The maximum absolute atomic E-state index is 5.35. The van der Waals surface area contributed by atoms with Gasteiger partial charge >= 0.3 is 0 Å². The standard InChI is InChI=1S/C10H21NO2/c1-4-5-10(11-2)6-7-13-9-8-12-3/h4,10-11H,1,5-9H2,2-3H3. The van der Waals surface area contributed by atoms with Crippen molar-refractivity contribution < 1.29 is 9.47 Å². The Bertz CT molecular complexity index is 117. The third kappa shape index (κ3) is 7.96. The Morgan fingerprint density at radius 3 is 2.69 bits per heavy atom. The monoisotopic (exact) mass is 187 g/mol. The molecule has 0 saturated heterocycles. The maximum atomic E-state index is 5.35. The Morgan fingerprint density at radius 2 is 2.15 bits per heavy atom. The van der Waals surface area contributed by atoms with E-state index in [1.54, 1.807) is 7.11 Å². The molecule has 0 rings (SSSR count). The van der Waals surface area contributed by atoms with Crippen LogP contribution in [0.2, 0.25) is 0 Å². The SMILES string of the molecule is C=CCC(CCOCCOC)NC. The van der Waals surface area contributed by atoms with Crippen LogP contribution in [0.4, 0.5) is 0 Å². The highest BCUT2D eigenvalue weighted by molar-refractivity contribution is 4.76. The summed E-state index contributed by atoms with van der Waals surface area (Å²) in [5.41, 5.74) is 0. The molecule has 0 aromatic rings. The quantitative estimate of drug-likeness (QED) is 0.434. The smallest absolute Gasteiger partial charge is 0.0700 e. The van der Waals surface area contributed by atoms with E-state index >= 15 is 0 Å². The molecule has 0 aromatic carbocycles. The minimum absolute atomic E-state index is 0.486. The Morgan fingerprint density at radius 1 is 1.38 bits per heavy atom. The summed E-state index contributed by atoms with van der Waals surface area (Å²) < 4.78 is 10.2. The molecule has 3 heteroatoms. The number of ether oxygens (including phenoxy) is 2. The van der Waals surface area contributed by atoms with E-state index in [2.05, 4.69) is 11.9 Å². The second kappa shape index (κ2) is 9.71. The third-order valence-electron chi connectivity index (χ3n) is 1.90. The number of nitrogens with one attached hydrogen (secondary N) is 1. The molecule has 0 radical (unpaired) electrons. The van der Waals surface area contributed by atoms with Crippen LogP contribution in [0.5, 0.6) is 0 Å². The van der Waals surface area contributed by atoms with Gasteiger partial charge in [-0.3, -0.25) is 0 Å². The average Bonchev–Trinajstić information content (AvgIpc) is 2.16. The minimum atomic E-state index is 0.486. The van der Waals surface area contributed by atoms with Gasteiger partial charge < -0.3 is 14.8 Å². The third-order valence-corrected chi connectivity index (χ3v) is 1.90. The molecule has 0 bridgehead atoms. The highest BCUT2D eigenvalue weighted by Gasteiger charge is 2.02. The number of rotatable bonds is 9. The van der Waals surface area contributed by atoms with Gasteiger partial charge in [-0.15, -0.1) is 6.58 Å². The van der Waals surface area contributed by atoms with Gasteiger partial charge in [0.2, 0.25) is 0 Å². The fourth-order valence-corrected chi connectivity index (χ4v) is 1.05. The zero-order valence-corrected chi connectivity index (χ0v) is 8.71. The number of hydrogen-bond acceptors (Lipinski definition) is 3. The molecule has 0 spiro atoms. The molecule has 0 saturated carbocycles. The molecule has 0 fully saturated rings. The second-order valence-corrected chi connectivity index (χ2v) is 2.90. The molecule has 0 aliphatic rings. The van der Waals surface area contributed by atoms with Crippen LogP contribution in [-0.4, -0.2) is 40.0 Å². The van der Waals surface area contributed by atoms with Gasteiger partial charge in [0.25, 0.3) is 0 Å². The lowest BCUT2D eigenvalue weighted by molar-refractivity contribution is 0.0662. The van der Waals surface area contributed by atoms with E-state index in [0.717, 1.165) is 19.4 Å². The summed E-state index contributed by atoms with van der Waals surface area (Å²) in [6.07, 6.45) is 3.94. The van der Waals surface area contributed by atoms with Gasteiger partial charge in [0.1, 0.15) is 0 Å². The highest BCUT2D eigenvalue weighted by Crippen LogP contribution is 1.98. The predicted octanol–water partition coefficient (Wildman–Crippen LogP) is 1.20. The van der Waals surface area contributed by atoms with E-state index in [1.807, 2.05) is 13.1 Å². The first kappa shape index (κ1) is 12.6. The first-order valence-electron chi connectivity index (χ1n) is 4.70. The Hall–Kier alpha value is -0.380. The van der Waals surface area contributed by atoms with Crippen LogP contribution in [0.1, 0.15) is 12.8 Å². The molecule has 3 nitrogen and oxygen atoms in total. The van der Waals surface area contributed by atoms with Crippen LogP contribution in [0.25, 0.3) is 0 Å². The zero-order chi connectivity index (χ0) is 9.94. The zero-order valence-electron chi connectivity index (χ0n) is 8.71. The summed E-state index contributed by atoms with van der Waals surface area (Å²) in [6, 6.07) is 0.486. The second-order valence-electron chi connectivity index (χ2n) is 2.90. The summed E-state index contributed by atoms with van der Waals surface area (Å²) in [4.78, 5) is 0. The predicted molar refractivity (Wildman–Crippen MR) is 55.0 cm³/mol. The van der Waals surface area contributed by atoms with E-state index in [-0.39, 0.29) is 0 Å². The fourth-order valence-electron chi connectivity index (χ4n) is 1.05. The molecule has 0 aliphatic heterocycles. The van der Waals surface area contributed by atoms with Crippen molar-refractivity contribution >= 4 is 0 Å². The molecule has 0 aromatic heterocycles. The van der Waals surface area contributed by atoms with Crippen LogP contribution >= 0.6 is 0 Å². The van der Waals surface area contributed by atoms with E-state index in [1.165, 1.54) is 0 Å². The topological polar surface area (TPSA) is 30.5 Å². The number of methoxy groups -OCH3 is 1. The van der Waals surface area contributed by atoms with Crippen molar-refractivity contribution in [3.05, 3.63) is 12.7 Å². The summed E-state index contributed by atoms with van der Waals surface area (Å²) >= 11 is 0. The largest absolute Gasteiger partial charge is 0.382 e. The molecular weight excluding hydrogens is 166 g/mol. The first-order valence-corrected chi connectivity index (χ1v) is 4.70. The van der Waals surface area contributed by atoms with Crippen molar-refractivity contribution in [2.75, 3.05) is 34.0 Å². The van der Waals surface area contributed by atoms with Gasteiger partial charge in [0, 0.05) is 19.8 Å². The fraction of sp³-hybridized carbons (Fsp3) is 0.800. The number of hydrogen-bond donors (Lipinski definition) is 1. The first-order chi connectivity index (χ1) is 6.35. The van der Waals surface area contributed by atoms with Gasteiger partial charge in [-0.05, 0) is 19.9 Å². The lowest BCUT2D eigenvalue weighted by atomic mass is 10.1. The van der Waals surface area contributed by atoms with Crippen LogP contribution in [0.3, 0.4) is 0 Å². The van der Waals surface area contributed by atoms with E-state index < -0.39 is 0 Å². The molecule has 0 heterocycles.